The van der Waals surface area contributed by atoms with Crippen LogP contribution in [0.3, 0.4) is 0 Å². The summed E-state index contributed by atoms with van der Waals surface area (Å²) in [7, 11) is 1.57. The molecular formula is C11H9Br2N3O. The molecule has 0 atom stereocenters. The number of methoxy groups -OCH3 is 1. The number of nitrogens with one attached hydrogen (secondary N) is 1. The fraction of sp³-hybridized carbons (Fsp3) is 0.0909. The lowest BCUT2D eigenvalue weighted by molar-refractivity contribution is 0.394. The van der Waals surface area contributed by atoms with E-state index < -0.39 is 0 Å². The first kappa shape index (κ1) is 12.3. The molecule has 1 aromatic carbocycles. The summed E-state index contributed by atoms with van der Waals surface area (Å²) in [6.07, 6.45) is 1.64. The van der Waals surface area contributed by atoms with Crippen LogP contribution in [0.4, 0.5) is 11.6 Å². The van der Waals surface area contributed by atoms with E-state index in [0.29, 0.717) is 11.8 Å². The van der Waals surface area contributed by atoms with Gasteiger partial charge in [-0.2, -0.15) is 4.98 Å². The Balaban J connectivity index is 2.24. The van der Waals surface area contributed by atoms with Crippen LogP contribution in [0.1, 0.15) is 0 Å². The fourth-order valence-electron chi connectivity index (χ4n) is 1.25. The van der Waals surface area contributed by atoms with Crippen molar-refractivity contribution in [1.29, 1.82) is 0 Å². The number of benzene rings is 1. The number of rotatable bonds is 3. The number of anilines is 2. The van der Waals surface area contributed by atoms with E-state index in [4.69, 9.17) is 4.74 Å². The van der Waals surface area contributed by atoms with Crippen LogP contribution in [-0.4, -0.2) is 17.1 Å². The molecule has 6 heteroatoms. The average Bonchev–Trinajstić information content (AvgIpc) is 2.32. The molecule has 0 saturated heterocycles. The van der Waals surface area contributed by atoms with Crippen LogP contribution in [0.5, 0.6) is 5.88 Å². The molecule has 0 aliphatic carbocycles. The van der Waals surface area contributed by atoms with Crippen LogP contribution in [0, 0.1) is 0 Å². The highest BCUT2D eigenvalue weighted by Gasteiger charge is 2.05. The van der Waals surface area contributed by atoms with Crippen molar-refractivity contribution in [2.45, 2.75) is 0 Å². The highest BCUT2D eigenvalue weighted by molar-refractivity contribution is 9.10. The predicted octanol–water partition coefficient (Wildman–Crippen LogP) is 3.75. The van der Waals surface area contributed by atoms with Crippen molar-refractivity contribution in [3.05, 3.63) is 39.4 Å². The SMILES string of the molecule is COc1nc(Nc2cccc(Br)c2)ncc1Br. The molecule has 0 saturated carbocycles. The first-order valence-corrected chi connectivity index (χ1v) is 6.37. The van der Waals surface area contributed by atoms with E-state index in [1.807, 2.05) is 24.3 Å². The highest BCUT2D eigenvalue weighted by atomic mass is 79.9. The Hall–Kier alpha value is -1.14. The Morgan fingerprint density at radius 2 is 2.12 bits per heavy atom. The maximum Gasteiger partial charge on any atom is 0.232 e. The molecule has 0 amide bonds. The number of ether oxygens (including phenoxy) is 1. The van der Waals surface area contributed by atoms with Gasteiger partial charge < -0.3 is 10.1 Å². The molecule has 0 aliphatic heterocycles. The maximum absolute atomic E-state index is 5.10. The van der Waals surface area contributed by atoms with Crippen molar-refractivity contribution < 1.29 is 4.74 Å². The minimum Gasteiger partial charge on any atom is -0.480 e. The van der Waals surface area contributed by atoms with Crippen LogP contribution >= 0.6 is 31.9 Å². The van der Waals surface area contributed by atoms with Gasteiger partial charge in [-0.05, 0) is 34.1 Å². The highest BCUT2D eigenvalue weighted by Crippen LogP contribution is 2.24. The molecule has 0 radical (unpaired) electrons. The summed E-state index contributed by atoms with van der Waals surface area (Å²) < 4.78 is 6.81. The van der Waals surface area contributed by atoms with Gasteiger partial charge in [0.05, 0.1) is 17.8 Å². The third kappa shape index (κ3) is 3.17. The second kappa shape index (κ2) is 5.46. The zero-order valence-corrected chi connectivity index (χ0v) is 12.1. The van der Waals surface area contributed by atoms with Gasteiger partial charge in [0, 0.05) is 10.2 Å². The topological polar surface area (TPSA) is 47.0 Å². The third-order valence-corrected chi connectivity index (χ3v) is 3.02. The Kier molecular flexibility index (Phi) is 3.96. The minimum atomic E-state index is 0.489. The van der Waals surface area contributed by atoms with Crippen molar-refractivity contribution in [3.63, 3.8) is 0 Å². The smallest absolute Gasteiger partial charge is 0.232 e. The lowest BCUT2D eigenvalue weighted by atomic mass is 10.3. The van der Waals surface area contributed by atoms with Crippen molar-refractivity contribution in [3.8, 4) is 5.88 Å². The molecule has 1 aromatic heterocycles. The second-order valence-corrected chi connectivity index (χ2v) is 4.96. The molecule has 1 N–H and O–H groups in total. The van der Waals surface area contributed by atoms with Gasteiger partial charge in [0.1, 0.15) is 0 Å². The summed E-state index contributed by atoms with van der Waals surface area (Å²) in [5, 5.41) is 3.09. The van der Waals surface area contributed by atoms with E-state index >= 15 is 0 Å². The average molecular weight is 359 g/mol. The summed E-state index contributed by atoms with van der Waals surface area (Å²) in [5.41, 5.74) is 0.906. The standard InChI is InChI=1S/C11H9Br2N3O/c1-17-10-9(13)6-14-11(16-10)15-8-4-2-3-7(12)5-8/h2-6H,1H3,(H,14,15,16). The minimum absolute atomic E-state index is 0.489. The summed E-state index contributed by atoms with van der Waals surface area (Å²) in [6, 6.07) is 7.76. The van der Waals surface area contributed by atoms with Crippen molar-refractivity contribution >= 4 is 43.5 Å². The van der Waals surface area contributed by atoms with Gasteiger partial charge in [0.2, 0.25) is 11.8 Å². The second-order valence-electron chi connectivity index (χ2n) is 3.19. The first-order valence-electron chi connectivity index (χ1n) is 4.78. The van der Waals surface area contributed by atoms with Gasteiger partial charge in [-0.15, -0.1) is 0 Å². The summed E-state index contributed by atoms with van der Waals surface area (Å²) in [4.78, 5) is 8.36. The van der Waals surface area contributed by atoms with Crippen LogP contribution in [0.2, 0.25) is 0 Å². The van der Waals surface area contributed by atoms with Gasteiger partial charge in [0.25, 0.3) is 0 Å². The molecule has 88 valence electrons. The van der Waals surface area contributed by atoms with E-state index in [9.17, 15) is 0 Å². The lowest BCUT2D eigenvalue weighted by Gasteiger charge is -2.07. The molecule has 0 bridgehead atoms. The van der Waals surface area contributed by atoms with Gasteiger partial charge in [-0.1, -0.05) is 22.0 Å². The zero-order valence-electron chi connectivity index (χ0n) is 8.95. The van der Waals surface area contributed by atoms with Gasteiger partial charge in [-0.25, -0.2) is 4.98 Å². The molecule has 4 nitrogen and oxygen atoms in total. The van der Waals surface area contributed by atoms with Crippen LogP contribution in [-0.2, 0) is 0 Å². The fourth-order valence-corrected chi connectivity index (χ4v) is 2.00. The third-order valence-electron chi connectivity index (χ3n) is 1.99. The van der Waals surface area contributed by atoms with Gasteiger partial charge in [0.15, 0.2) is 0 Å². The summed E-state index contributed by atoms with van der Waals surface area (Å²) in [5.74, 6) is 0.987. The summed E-state index contributed by atoms with van der Waals surface area (Å²) in [6.45, 7) is 0. The Morgan fingerprint density at radius 3 is 2.82 bits per heavy atom. The number of hydrogen-bond acceptors (Lipinski definition) is 4. The van der Waals surface area contributed by atoms with Crippen LogP contribution < -0.4 is 10.1 Å². The normalized spacial score (nSPS) is 10.1. The Bertz CT molecular complexity index is 534. The van der Waals surface area contributed by atoms with Gasteiger partial charge >= 0.3 is 0 Å². The monoisotopic (exact) mass is 357 g/mol. The lowest BCUT2D eigenvalue weighted by Crippen LogP contribution is -1.99. The number of nitrogens with zero attached hydrogens (tertiary/aromatic N) is 2. The maximum atomic E-state index is 5.10. The van der Waals surface area contributed by atoms with Crippen LogP contribution in [0.25, 0.3) is 0 Å². The van der Waals surface area contributed by atoms with E-state index in [1.165, 1.54) is 0 Å². The first-order chi connectivity index (χ1) is 8.19. The molecule has 17 heavy (non-hydrogen) atoms. The number of halogens is 2. The molecular weight excluding hydrogens is 350 g/mol. The van der Waals surface area contributed by atoms with Crippen molar-refractivity contribution in [1.82, 2.24) is 9.97 Å². The van der Waals surface area contributed by atoms with E-state index in [1.54, 1.807) is 13.3 Å². The van der Waals surface area contributed by atoms with Crippen molar-refractivity contribution in [2.24, 2.45) is 0 Å². The predicted molar refractivity (Wildman–Crippen MR) is 73.7 cm³/mol. The zero-order chi connectivity index (χ0) is 12.3. The quantitative estimate of drug-likeness (QED) is 0.907. The van der Waals surface area contributed by atoms with Gasteiger partial charge in [-0.3, -0.25) is 0 Å². The largest absolute Gasteiger partial charge is 0.480 e. The van der Waals surface area contributed by atoms with Crippen LogP contribution in [0.15, 0.2) is 39.4 Å². The number of hydrogen-bond donors (Lipinski definition) is 1. The molecule has 0 unspecified atom stereocenters. The molecule has 2 aromatic rings. The number of aromatic nitrogens is 2. The molecule has 0 aliphatic rings. The molecule has 2 rings (SSSR count). The van der Waals surface area contributed by atoms with E-state index in [2.05, 4.69) is 47.1 Å². The van der Waals surface area contributed by atoms with E-state index in [-0.39, 0.29) is 0 Å². The molecule has 1 heterocycles. The van der Waals surface area contributed by atoms with E-state index in [0.717, 1.165) is 14.6 Å². The van der Waals surface area contributed by atoms with Crippen molar-refractivity contribution in [2.75, 3.05) is 12.4 Å². The molecule has 0 fully saturated rings. The Labute approximate surface area is 116 Å². The summed E-state index contributed by atoms with van der Waals surface area (Å²) >= 11 is 6.70. The molecule has 0 spiro atoms. The Morgan fingerprint density at radius 1 is 1.29 bits per heavy atom.